The molecule has 2 aromatic rings. The van der Waals surface area contributed by atoms with E-state index >= 15 is 0 Å². The number of carbonyl (C=O) groups is 2. The molecule has 0 spiro atoms. The Labute approximate surface area is 140 Å². The van der Waals surface area contributed by atoms with Crippen molar-refractivity contribution in [3.8, 4) is 0 Å². The Morgan fingerprint density at radius 3 is 2.67 bits per heavy atom. The van der Waals surface area contributed by atoms with Crippen molar-refractivity contribution in [2.75, 3.05) is 20.1 Å². The number of furan rings is 1. The van der Waals surface area contributed by atoms with Crippen molar-refractivity contribution in [3.05, 3.63) is 59.5 Å². The second-order valence-electron chi connectivity index (χ2n) is 5.96. The molecule has 0 radical (unpaired) electrons. The number of hydrogen-bond acceptors (Lipinski definition) is 3. The summed E-state index contributed by atoms with van der Waals surface area (Å²) in [5, 5.41) is 5.05. The van der Waals surface area contributed by atoms with Crippen LogP contribution in [0, 0.1) is 0 Å². The Bertz CT molecular complexity index is 712. The number of fused-ring (bicyclic) bond motifs is 1. The summed E-state index contributed by atoms with van der Waals surface area (Å²) in [5.74, 6) is -0.431. The zero-order valence-corrected chi connectivity index (χ0v) is 13.7. The Kier molecular flexibility index (Phi) is 4.96. The quantitative estimate of drug-likeness (QED) is 0.682. The fourth-order valence-electron chi connectivity index (χ4n) is 3.22. The molecule has 24 heavy (non-hydrogen) atoms. The highest BCUT2D eigenvalue weighted by Crippen LogP contribution is 2.15. The van der Waals surface area contributed by atoms with Crippen LogP contribution in [0.15, 0.2) is 47.1 Å². The molecule has 2 amide bonds. The van der Waals surface area contributed by atoms with Gasteiger partial charge in [0.2, 0.25) is 0 Å². The van der Waals surface area contributed by atoms with Crippen LogP contribution in [0.5, 0.6) is 0 Å². The SMILES string of the molecule is CNC(=O)C(=O)NC[C@H](c1ccco1)[NH+]1CCc2ccccc2C1. The maximum atomic E-state index is 11.8. The molecule has 2 heterocycles. The summed E-state index contributed by atoms with van der Waals surface area (Å²) in [5.41, 5.74) is 2.71. The molecule has 1 aliphatic heterocycles. The van der Waals surface area contributed by atoms with Gasteiger partial charge in [0.1, 0.15) is 6.54 Å². The van der Waals surface area contributed by atoms with Crippen molar-refractivity contribution in [2.45, 2.75) is 19.0 Å². The molecule has 0 saturated carbocycles. The molecule has 6 heteroatoms. The van der Waals surface area contributed by atoms with E-state index in [1.54, 1.807) is 6.26 Å². The van der Waals surface area contributed by atoms with Gasteiger partial charge in [-0.1, -0.05) is 24.3 Å². The smallest absolute Gasteiger partial charge is 0.309 e. The first-order valence-corrected chi connectivity index (χ1v) is 8.13. The van der Waals surface area contributed by atoms with E-state index in [0.717, 1.165) is 25.3 Å². The second kappa shape index (κ2) is 7.31. The molecular formula is C18H22N3O3+. The number of rotatable bonds is 4. The maximum Gasteiger partial charge on any atom is 0.309 e. The second-order valence-corrected chi connectivity index (χ2v) is 5.96. The summed E-state index contributed by atoms with van der Waals surface area (Å²) in [4.78, 5) is 24.5. The molecule has 0 aliphatic carbocycles. The van der Waals surface area contributed by atoms with E-state index in [1.807, 2.05) is 12.1 Å². The lowest BCUT2D eigenvalue weighted by Gasteiger charge is -2.31. The number of benzene rings is 1. The van der Waals surface area contributed by atoms with Gasteiger partial charge in [0, 0.05) is 19.0 Å². The lowest BCUT2D eigenvalue weighted by atomic mass is 9.98. The van der Waals surface area contributed by atoms with Gasteiger partial charge in [-0.3, -0.25) is 9.59 Å². The predicted octanol–water partition coefficient (Wildman–Crippen LogP) is -0.176. The van der Waals surface area contributed by atoms with Crippen molar-refractivity contribution >= 4 is 11.8 Å². The molecule has 2 atom stereocenters. The number of nitrogens with one attached hydrogen (secondary N) is 3. The van der Waals surface area contributed by atoms with Crippen molar-refractivity contribution in [1.82, 2.24) is 10.6 Å². The van der Waals surface area contributed by atoms with Crippen molar-refractivity contribution in [1.29, 1.82) is 0 Å². The summed E-state index contributed by atoms with van der Waals surface area (Å²) in [6.07, 6.45) is 2.63. The zero-order chi connectivity index (χ0) is 16.9. The van der Waals surface area contributed by atoms with Crippen LogP contribution < -0.4 is 15.5 Å². The topological polar surface area (TPSA) is 75.8 Å². The number of quaternary nitrogens is 1. The van der Waals surface area contributed by atoms with Gasteiger partial charge in [0.25, 0.3) is 0 Å². The Hall–Kier alpha value is -2.60. The van der Waals surface area contributed by atoms with Gasteiger partial charge in [-0.2, -0.15) is 0 Å². The van der Waals surface area contributed by atoms with Crippen LogP contribution in [-0.4, -0.2) is 32.0 Å². The van der Waals surface area contributed by atoms with Gasteiger partial charge in [-0.05, 0) is 17.7 Å². The molecular weight excluding hydrogens is 306 g/mol. The van der Waals surface area contributed by atoms with Crippen molar-refractivity contribution in [2.24, 2.45) is 0 Å². The molecule has 0 fully saturated rings. The van der Waals surface area contributed by atoms with Gasteiger partial charge in [0.15, 0.2) is 11.8 Å². The van der Waals surface area contributed by atoms with E-state index < -0.39 is 11.8 Å². The summed E-state index contributed by atoms with van der Waals surface area (Å²) in [6.45, 7) is 2.19. The summed E-state index contributed by atoms with van der Waals surface area (Å²) < 4.78 is 5.58. The van der Waals surface area contributed by atoms with Crippen LogP contribution in [0.25, 0.3) is 0 Å². The predicted molar refractivity (Wildman–Crippen MR) is 88.2 cm³/mol. The van der Waals surface area contributed by atoms with E-state index in [4.69, 9.17) is 4.42 Å². The van der Waals surface area contributed by atoms with Crippen LogP contribution >= 0.6 is 0 Å². The highest BCUT2D eigenvalue weighted by molar-refractivity contribution is 6.35. The first kappa shape index (κ1) is 16.3. The van der Waals surface area contributed by atoms with Gasteiger partial charge in [-0.25, -0.2) is 0 Å². The molecule has 3 N–H and O–H groups in total. The number of carbonyl (C=O) groups excluding carboxylic acids is 2. The van der Waals surface area contributed by atoms with E-state index in [1.165, 1.54) is 23.1 Å². The molecule has 0 saturated heterocycles. The average Bonchev–Trinajstić information content (AvgIpc) is 3.15. The molecule has 1 aliphatic rings. The average molecular weight is 328 g/mol. The molecule has 1 aromatic carbocycles. The van der Waals surface area contributed by atoms with Crippen LogP contribution in [-0.2, 0) is 22.6 Å². The van der Waals surface area contributed by atoms with Gasteiger partial charge in [-0.15, -0.1) is 0 Å². The minimum absolute atomic E-state index is 0.0260. The lowest BCUT2D eigenvalue weighted by molar-refractivity contribution is -0.946. The third-order valence-corrected chi connectivity index (χ3v) is 4.53. The number of likely N-dealkylation sites (N-methyl/N-ethyl adjacent to an activating group) is 1. The number of hydrogen-bond donors (Lipinski definition) is 3. The third-order valence-electron chi connectivity index (χ3n) is 4.53. The van der Waals surface area contributed by atoms with Crippen LogP contribution in [0.3, 0.4) is 0 Å². The van der Waals surface area contributed by atoms with Crippen LogP contribution in [0.2, 0.25) is 0 Å². The van der Waals surface area contributed by atoms with Crippen molar-refractivity contribution < 1.29 is 18.9 Å². The highest BCUT2D eigenvalue weighted by Gasteiger charge is 2.31. The van der Waals surface area contributed by atoms with E-state index in [-0.39, 0.29) is 6.04 Å². The standard InChI is InChI=1S/C18H21N3O3/c1-19-17(22)18(23)20-11-15(16-7-4-10-24-16)21-9-8-13-5-2-3-6-14(13)12-21/h2-7,10,15H,8-9,11-12H2,1H3,(H,19,22)(H,20,23)/p+1/t15-/m1/s1. The lowest BCUT2D eigenvalue weighted by Crippen LogP contribution is -3.12. The zero-order valence-electron chi connectivity index (χ0n) is 13.7. The first-order chi connectivity index (χ1) is 11.7. The molecule has 1 aromatic heterocycles. The minimum atomic E-state index is -0.632. The summed E-state index contributed by atoms with van der Waals surface area (Å²) in [7, 11) is 1.44. The normalized spacial score (nSPS) is 17.6. The van der Waals surface area contributed by atoms with Crippen LogP contribution in [0.1, 0.15) is 22.9 Å². The molecule has 3 rings (SSSR count). The minimum Gasteiger partial charge on any atom is -0.463 e. The summed E-state index contributed by atoms with van der Waals surface area (Å²) in [6, 6.07) is 12.2. The summed E-state index contributed by atoms with van der Waals surface area (Å²) >= 11 is 0. The fraction of sp³-hybridized carbons (Fsp3) is 0.333. The monoisotopic (exact) mass is 328 g/mol. The Morgan fingerprint density at radius 2 is 1.96 bits per heavy atom. The van der Waals surface area contributed by atoms with E-state index in [2.05, 4.69) is 34.9 Å². The maximum absolute atomic E-state index is 11.8. The molecule has 0 bridgehead atoms. The Balaban J connectivity index is 1.74. The van der Waals surface area contributed by atoms with Gasteiger partial charge in [0.05, 0.1) is 19.4 Å². The number of amides is 2. The Morgan fingerprint density at radius 1 is 1.17 bits per heavy atom. The largest absolute Gasteiger partial charge is 0.463 e. The first-order valence-electron chi connectivity index (χ1n) is 8.13. The molecule has 1 unspecified atom stereocenters. The van der Waals surface area contributed by atoms with Crippen LogP contribution in [0.4, 0.5) is 0 Å². The molecule has 6 nitrogen and oxygen atoms in total. The molecule has 126 valence electrons. The van der Waals surface area contributed by atoms with Gasteiger partial charge < -0.3 is 20.0 Å². The van der Waals surface area contributed by atoms with E-state index in [9.17, 15) is 9.59 Å². The van der Waals surface area contributed by atoms with Crippen molar-refractivity contribution in [3.63, 3.8) is 0 Å². The van der Waals surface area contributed by atoms with Gasteiger partial charge >= 0.3 is 11.8 Å². The highest BCUT2D eigenvalue weighted by atomic mass is 16.3. The van der Waals surface area contributed by atoms with E-state index in [0.29, 0.717) is 6.54 Å². The fourth-order valence-corrected chi connectivity index (χ4v) is 3.22. The third kappa shape index (κ3) is 3.49.